The van der Waals surface area contributed by atoms with Gasteiger partial charge in [0.25, 0.3) is 0 Å². The highest BCUT2D eigenvalue weighted by atomic mass is 32.1. The number of imidazole rings is 1. The number of anilines is 1. The average molecular weight is 299 g/mol. The van der Waals surface area contributed by atoms with Crippen LogP contribution in [-0.4, -0.2) is 9.38 Å². The Hall–Kier alpha value is -1.81. The largest absolute Gasteiger partial charge is 0.383 e. The van der Waals surface area contributed by atoms with Gasteiger partial charge in [-0.05, 0) is 12.0 Å². The van der Waals surface area contributed by atoms with Crippen molar-refractivity contribution in [2.24, 2.45) is 0 Å². The number of nitrogen functional groups attached to an aromatic ring is 1. The molecule has 0 aliphatic carbocycles. The molecule has 0 amide bonds. The molecule has 2 N–H and O–H groups in total. The van der Waals surface area contributed by atoms with Crippen molar-refractivity contribution in [1.29, 1.82) is 0 Å². The summed E-state index contributed by atoms with van der Waals surface area (Å²) in [4.78, 5) is 5.69. The third kappa shape index (κ3) is 2.33. The molecule has 0 unspecified atom stereocenters. The molecule has 0 atom stereocenters. The standard InChI is InChI=1S/C17H21N3S/c1-5-11-6-8-12(9-7-11)14-15(18)20-13(17(2,3)4)10-21-16(20)19-14/h6-10H,5,18H2,1-4H3. The maximum atomic E-state index is 6.39. The van der Waals surface area contributed by atoms with Gasteiger partial charge in [0.05, 0.1) is 0 Å². The van der Waals surface area contributed by atoms with Crippen molar-refractivity contribution in [2.45, 2.75) is 39.5 Å². The summed E-state index contributed by atoms with van der Waals surface area (Å²) >= 11 is 1.65. The first-order chi connectivity index (χ1) is 9.91. The zero-order valence-corrected chi connectivity index (χ0v) is 13.8. The fraction of sp³-hybridized carbons (Fsp3) is 0.353. The summed E-state index contributed by atoms with van der Waals surface area (Å²) in [6.45, 7) is 8.75. The van der Waals surface area contributed by atoms with Crippen LogP contribution < -0.4 is 5.73 Å². The maximum absolute atomic E-state index is 6.39. The van der Waals surface area contributed by atoms with Crippen molar-refractivity contribution in [3.8, 4) is 11.3 Å². The zero-order chi connectivity index (χ0) is 15.2. The lowest BCUT2D eigenvalue weighted by Crippen LogP contribution is -2.14. The van der Waals surface area contributed by atoms with Gasteiger partial charge in [-0.25, -0.2) is 4.98 Å². The second kappa shape index (κ2) is 4.88. The molecule has 0 saturated carbocycles. The smallest absolute Gasteiger partial charge is 0.196 e. The molecule has 0 fully saturated rings. The Morgan fingerprint density at radius 3 is 2.43 bits per heavy atom. The SMILES string of the molecule is CCc1ccc(-c2nc3scc(C(C)(C)C)n3c2N)cc1. The Morgan fingerprint density at radius 1 is 1.19 bits per heavy atom. The third-order valence-electron chi connectivity index (χ3n) is 3.80. The van der Waals surface area contributed by atoms with E-state index in [0.29, 0.717) is 0 Å². The van der Waals surface area contributed by atoms with Gasteiger partial charge in [-0.1, -0.05) is 52.0 Å². The highest BCUT2D eigenvalue weighted by Crippen LogP contribution is 2.34. The van der Waals surface area contributed by atoms with Gasteiger partial charge < -0.3 is 5.73 Å². The van der Waals surface area contributed by atoms with Gasteiger partial charge in [-0.3, -0.25) is 4.40 Å². The van der Waals surface area contributed by atoms with E-state index in [1.54, 1.807) is 11.3 Å². The van der Waals surface area contributed by atoms with E-state index in [0.717, 1.165) is 28.5 Å². The maximum Gasteiger partial charge on any atom is 0.196 e. The monoisotopic (exact) mass is 299 g/mol. The minimum atomic E-state index is 0.0520. The van der Waals surface area contributed by atoms with Crippen molar-refractivity contribution >= 4 is 22.1 Å². The number of hydrogen-bond donors (Lipinski definition) is 1. The van der Waals surface area contributed by atoms with Crippen LogP contribution in [0.3, 0.4) is 0 Å². The van der Waals surface area contributed by atoms with Crippen LogP contribution in [0.4, 0.5) is 5.82 Å². The van der Waals surface area contributed by atoms with Crippen molar-refractivity contribution < 1.29 is 0 Å². The molecule has 2 aromatic heterocycles. The number of nitrogens with zero attached hydrogens (tertiary/aromatic N) is 2. The molecule has 0 saturated heterocycles. The van der Waals surface area contributed by atoms with Gasteiger partial charge in [0.1, 0.15) is 11.5 Å². The molecule has 0 spiro atoms. The topological polar surface area (TPSA) is 43.3 Å². The highest BCUT2D eigenvalue weighted by Gasteiger charge is 2.23. The first-order valence-corrected chi connectivity index (χ1v) is 8.15. The molecular formula is C17H21N3S. The molecule has 4 heteroatoms. The molecule has 21 heavy (non-hydrogen) atoms. The highest BCUT2D eigenvalue weighted by molar-refractivity contribution is 7.15. The Labute approximate surface area is 129 Å². The summed E-state index contributed by atoms with van der Waals surface area (Å²) in [6.07, 6.45) is 1.04. The first-order valence-electron chi connectivity index (χ1n) is 7.27. The number of hydrogen-bond acceptors (Lipinski definition) is 3. The van der Waals surface area contributed by atoms with Crippen molar-refractivity contribution in [1.82, 2.24) is 9.38 Å². The fourth-order valence-corrected chi connectivity index (χ4v) is 3.63. The van der Waals surface area contributed by atoms with Crippen LogP contribution in [-0.2, 0) is 11.8 Å². The molecule has 0 aliphatic rings. The first kappa shape index (κ1) is 14.1. The minimum absolute atomic E-state index is 0.0520. The van der Waals surface area contributed by atoms with Crippen molar-refractivity contribution in [3.63, 3.8) is 0 Å². The van der Waals surface area contributed by atoms with Gasteiger partial charge in [0.2, 0.25) is 0 Å². The lowest BCUT2D eigenvalue weighted by atomic mass is 9.93. The molecule has 2 heterocycles. The van der Waals surface area contributed by atoms with Crippen LogP contribution in [0.1, 0.15) is 39.0 Å². The Morgan fingerprint density at radius 2 is 1.86 bits per heavy atom. The molecule has 110 valence electrons. The molecule has 3 nitrogen and oxygen atoms in total. The van der Waals surface area contributed by atoms with Crippen LogP contribution in [0.15, 0.2) is 29.6 Å². The van der Waals surface area contributed by atoms with Crippen LogP contribution in [0, 0.1) is 0 Å². The summed E-state index contributed by atoms with van der Waals surface area (Å²) in [7, 11) is 0. The molecule has 0 radical (unpaired) electrons. The van der Waals surface area contributed by atoms with Gasteiger partial charge in [0, 0.05) is 22.1 Å². The Bertz CT molecular complexity index is 773. The van der Waals surface area contributed by atoms with Crippen LogP contribution in [0.5, 0.6) is 0 Å². The molecule has 3 rings (SSSR count). The molecule has 0 aliphatic heterocycles. The van der Waals surface area contributed by atoms with E-state index >= 15 is 0 Å². The fourth-order valence-electron chi connectivity index (χ4n) is 2.51. The number of rotatable bonds is 2. The third-order valence-corrected chi connectivity index (χ3v) is 4.63. The Kier molecular flexibility index (Phi) is 3.29. The normalized spacial score (nSPS) is 12.2. The lowest BCUT2D eigenvalue weighted by Gasteiger charge is -2.17. The van der Waals surface area contributed by atoms with E-state index in [1.807, 2.05) is 0 Å². The van der Waals surface area contributed by atoms with E-state index < -0.39 is 0 Å². The summed E-state index contributed by atoms with van der Waals surface area (Å²) in [5, 5.41) is 2.16. The predicted molar refractivity (Wildman–Crippen MR) is 91.0 cm³/mol. The number of fused-ring (bicyclic) bond motifs is 1. The van der Waals surface area contributed by atoms with Gasteiger partial charge in [-0.15, -0.1) is 11.3 Å². The van der Waals surface area contributed by atoms with Crippen molar-refractivity contribution in [3.05, 3.63) is 40.9 Å². The predicted octanol–water partition coefficient (Wildman–Crippen LogP) is 4.50. The minimum Gasteiger partial charge on any atom is -0.383 e. The quantitative estimate of drug-likeness (QED) is 0.757. The summed E-state index contributed by atoms with van der Waals surface area (Å²) in [5.74, 6) is 0.737. The summed E-state index contributed by atoms with van der Waals surface area (Å²) in [5.41, 5.74) is 11.0. The molecule has 1 aromatic carbocycles. The van der Waals surface area contributed by atoms with Gasteiger partial charge in [0.15, 0.2) is 4.96 Å². The second-order valence-corrected chi connectivity index (χ2v) is 7.22. The average Bonchev–Trinajstić information content (AvgIpc) is 2.99. The van der Waals surface area contributed by atoms with E-state index in [4.69, 9.17) is 10.7 Å². The van der Waals surface area contributed by atoms with Crippen molar-refractivity contribution in [2.75, 3.05) is 5.73 Å². The number of nitrogens with two attached hydrogens (primary N) is 1. The number of benzene rings is 1. The van der Waals surface area contributed by atoms with Gasteiger partial charge >= 0.3 is 0 Å². The number of thiazole rings is 1. The van der Waals surface area contributed by atoms with E-state index in [2.05, 4.69) is 61.7 Å². The molecular weight excluding hydrogens is 278 g/mol. The lowest BCUT2D eigenvalue weighted by molar-refractivity contribution is 0.566. The van der Waals surface area contributed by atoms with Gasteiger partial charge in [-0.2, -0.15) is 0 Å². The number of aromatic nitrogens is 2. The van der Waals surface area contributed by atoms with E-state index in [1.165, 1.54) is 11.3 Å². The van der Waals surface area contributed by atoms with E-state index in [9.17, 15) is 0 Å². The second-order valence-electron chi connectivity index (χ2n) is 6.39. The van der Waals surface area contributed by atoms with Crippen LogP contribution >= 0.6 is 11.3 Å². The molecule has 0 bridgehead atoms. The van der Waals surface area contributed by atoms with Crippen LogP contribution in [0.2, 0.25) is 0 Å². The van der Waals surface area contributed by atoms with Crippen LogP contribution in [0.25, 0.3) is 16.2 Å². The summed E-state index contributed by atoms with van der Waals surface area (Å²) < 4.78 is 2.09. The zero-order valence-electron chi connectivity index (χ0n) is 13.0. The summed E-state index contributed by atoms with van der Waals surface area (Å²) in [6, 6.07) is 8.51. The molecule has 3 aromatic rings. The Balaban J connectivity index is 2.16. The van der Waals surface area contributed by atoms with E-state index in [-0.39, 0.29) is 5.41 Å². The number of aryl methyl sites for hydroxylation is 1.